The van der Waals surface area contributed by atoms with E-state index in [2.05, 4.69) is 39.5 Å². The lowest BCUT2D eigenvalue weighted by molar-refractivity contribution is -0.160. The first-order chi connectivity index (χ1) is 17.7. The molecule has 0 spiro atoms. The number of nitrogens with zero attached hydrogens (tertiary/aromatic N) is 1. The van der Waals surface area contributed by atoms with E-state index in [-0.39, 0.29) is 28.8 Å². The van der Waals surface area contributed by atoms with Crippen molar-refractivity contribution in [3.05, 3.63) is 11.3 Å². The molecule has 2 saturated carbocycles. The van der Waals surface area contributed by atoms with Gasteiger partial charge in [0.05, 0.1) is 31.8 Å². The summed E-state index contributed by atoms with van der Waals surface area (Å²) in [6.45, 7) is 17.4. The second kappa shape index (κ2) is 11.3. The number of allylic oxidation sites excluding steroid dienone is 2. The second-order valence-corrected chi connectivity index (χ2v) is 14.0. The highest BCUT2D eigenvalue weighted by Crippen LogP contribution is 2.65. The van der Waals surface area contributed by atoms with E-state index in [1.807, 2.05) is 0 Å². The molecule has 3 aliphatic carbocycles. The van der Waals surface area contributed by atoms with Crippen molar-refractivity contribution in [2.45, 2.75) is 105 Å². The molecular weight excluding hydrogens is 462 g/mol. The normalized spacial score (nSPS) is 39.2. The lowest BCUT2D eigenvalue weighted by Gasteiger charge is -2.53. The molecular formula is C32H53NO4. The van der Waals surface area contributed by atoms with Crippen molar-refractivity contribution in [1.29, 1.82) is 0 Å². The van der Waals surface area contributed by atoms with E-state index in [0.29, 0.717) is 5.92 Å². The molecule has 210 valence electrons. The van der Waals surface area contributed by atoms with Crippen LogP contribution in [0.15, 0.2) is 11.3 Å². The molecule has 0 N–H and O–H groups in total. The van der Waals surface area contributed by atoms with Gasteiger partial charge in [-0.15, -0.1) is 0 Å². The van der Waals surface area contributed by atoms with Gasteiger partial charge in [-0.05, 0) is 73.7 Å². The monoisotopic (exact) mass is 515 g/mol. The minimum absolute atomic E-state index is 0.0282. The van der Waals surface area contributed by atoms with Crippen LogP contribution in [0.1, 0.15) is 98.8 Å². The average molecular weight is 516 g/mol. The lowest BCUT2D eigenvalue weighted by Crippen LogP contribution is -2.50. The van der Waals surface area contributed by atoms with Crippen LogP contribution in [0.5, 0.6) is 0 Å². The Balaban J connectivity index is 1.23. The summed E-state index contributed by atoms with van der Waals surface area (Å²) in [5, 5.41) is 0. The first-order valence-electron chi connectivity index (χ1n) is 15.6. The van der Waals surface area contributed by atoms with Crippen LogP contribution in [-0.4, -0.2) is 56.4 Å². The van der Waals surface area contributed by atoms with Crippen LogP contribution < -0.4 is 0 Å². The van der Waals surface area contributed by atoms with E-state index in [0.717, 1.165) is 88.7 Å². The highest BCUT2D eigenvalue weighted by Gasteiger charge is 2.59. The van der Waals surface area contributed by atoms with Gasteiger partial charge in [0, 0.05) is 31.0 Å². The zero-order valence-corrected chi connectivity index (χ0v) is 24.4. The van der Waals surface area contributed by atoms with Gasteiger partial charge in [-0.25, -0.2) is 0 Å². The minimum atomic E-state index is -0.0510. The Bertz CT molecular complexity index is 848. The minimum Gasteiger partial charge on any atom is -0.431 e. The molecule has 0 amide bonds. The van der Waals surface area contributed by atoms with Gasteiger partial charge in [0.1, 0.15) is 5.76 Å². The van der Waals surface area contributed by atoms with Crippen LogP contribution in [0.25, 0.3) is 0 Å². The molecule has 2 heterocycles. The van der Waals surface area contributed by atoms with Gasteiger partial charge < -0.3 is 14.2 Å². The summed E-state index contributed by atoms with van der Waals surface area (Å²) >= 11 is 0. The SMILES string of the molecule is CC(C)CCC[C@@H](C)[C@H]1CC[C@H]2C3=C(CC[C@]12C)[C@@]1(C)CC[C@H](OCCN2CCOCC2)C[C@@H]1C(=O)O3. The molecule has 5 rings (SSSR count). The summed E-state index contributed by atoms with van der Waals surface area (Å²) in [5.74, 6) is 3.81. The Morgan fingerprint density at radius 2 is 1.81 bits per heavy atom. The molecule has 0 unspecified atom stereocenters. The molecule has 0 aromatic rings. The number of ether oxygens (including phenoxy) is 3. The molecule has 7 atom stereocenters. The summed E-state index contributed by atoms with van der Waals surface area (Å²) in [6, 6.07) is 0. The molecule has 3 fully saturated rings. The van der Waals surface area contributed by atoms with Gasteiger partial charge in [-0.3, -0.25) is 9.69 Å². The number of hydrogen-bond acceptors (Lipinski definition) is 5. The van der Waals surface area contributed by atoms with Crippen LogP contribution in [0.2, 0.25) is 0 Å². The van der Waals surface area contributed by atoms with Gasteiger partial charge in [0.2, 0.25) is 0 Å². The second-order valence-electron chi connectivity index (χ2n) is 14.0. The highest BCUT2D eigenvalue weighted by atomic mass is 16.5. The van der Waals surface area contributed by atoms with Crippen LogP contribution in [-0.2, 0) is 19.0 Å². The molecule has 1 saturated heterocycles. The van der Waals surface area contributed by atoms with Gasteiger partial charge >= 0.3 is 5.97 Å². The zero-order valence-electron chi connectivity index (χ0n) is 24.4. The first kappa shape index (κ1) is 27.6. The van der Waals surface area contributed by atoms with Gasteiger partial charge in [-0.1, -0.05) is 53.9 Å². The maximum absolute atomic E-state index is 13.5. The van der Waals surface area contributed by atoms with Crippen LogP contribution >= 0.6 is 0 Å². The number of morpholine rings is 1. The summed E-state index contributed by atoms with van der Waals surface area (Å²) in [6.07, 6.45) is 11.9. The van der Waals surface area contributed by atoms with E-state index in [4.69, 9.17) is 14.2 Å². The smallest absolute Gasteiger partial charge is 0.315 e. The zero-order chi connectivity index (χ0) is 26.2. The summed E-state index contributed by atoms with van der Waals surface area (Å²) < 4.78 is 18.1. The summed E-state index contributed by atoms with van der Waals surface area (Å²) in [4.78, 5) is 16.0. The van der Waals surface area contributed by atoms with Gasteiger partial charge in [0.25, 0.3) is 0 Å². The topological polar surface area (TPSA) is 48.0 Å². The summed E-state index contributed by atoms with van der Waals surface area (Å²) in [5.41, 5.74) is 1.73. The third-order valence-electron chi connectivity index (χ3n) is 11.4. The largest absolute Gasteiger partial charge is 0.431 e. The molecule has 5 aliphatic rings. The summed E-state index contributed by atoms with van der Waals surface area (Å²) in [7, 11) is 0. The number of carbonyl (C=O) groups is 1. The maximum Gasteiger partial charge on any atom is 0.315 e. The third kappa shape index (κ3) is 5.43. The molecule has 0 aromatic heterocycles. The van der Waals surface area contributed by atoms with Crippen LogP contribution in [0.3, 0.4) is 0 Å². The van der Waals surface area contributed by atoms with Crippen molar-refractivity contribution in [2.75, 3.05) is 39.5 Å². The molecule has 2 aliphatic heterocycles. The maximum atomic E-state index is 13.5. The number of rotatable bonds is 9. The molecule has 0 aromatic carbocycles. The van der Waals surface area contributed by atoms with Crippen molar-refractivity contribution >= 4 is 5.97 Å². The predicted octanol–water partition coefficient (Wildman–Crippen LogP) is 6.61. The molecule has 37 heavy (non-hydrogen) atoms. The molecule has 0 radical (unpaired) electrons. The van der Waals surface area contributed by atoms with Crippen molar-refractivity contribution in [3.8, 4) is 0 Å². The Morgan fingerprint density at radius 3 is 2.57 bits per heavy atom. The van der Waals surface area contributed by atoms with E-state index < -0.39 is 0 Å². The molecule has 5 nitrogen and oxygen atoms in total. The molecule has 0 bridgehead atoms. The van der Waals surface area contributed by atoms with Crippen molar-refractivity contribution in [1.82, 2.24) is 4.90 Å². The number of hydrogen-bond donors (Lipinski definition) is 0. The predicted molar refractivity (Wildman–Crippen MR) is 147 cm³/mol. The lowest BCUT2D eigenvalue weighted by atomic mass is 9.54. The Labute approximate surface area is 226 Å². The Morgan fingerprint density at radius 1 is 1.03 bits per heavy atom. The molecule has 5 heteroatoms. The van der Waals surface area contributed by atoms with E-state index in [1.54, 1.807) is 0 Å². The fraction of sp³-hybridized carbons (Fsp3) is 0.906. The fourth-order valence-electron chi connectivity index (χ4n) is 8.96. The Kier molecular flexibility index (Phi) is 8.44. The number of carbonyl (C=O) groups excluding carboxylic acids is 1. The van der Waals surface area contributed by atoms with E-state index in [9.17, 15) is 4.79 Å². The van der Waals surface area contributed by atoms with Crippen LogP contribution in [0.4, 0.5) is 0 Å². The highest BCUT2D eigenvalue weighted by molar-refractivity contribution is 5.77. The first-order valence-corrected chi connectivity index (χ1v) is 15.6. The van der Waals surface area contributed by atoms with Crippen LogP contribution in [0, 0.1) is 40.4 Å². The van der Waals surface area contributed by atoms with Gasteiger partial charge in [-0.2, -0.15) is 0 Å². The van der Waals surface area contributed by atoms with Crippen molar-refractivity contribution < 1.29 is 19.0 Å². The average Bonchev–Trinajstić information content (AvgIpc) is 3.23. The quantitative estimate of drug-likeness (QED) is 0.323. The third-order valence-corrected chi connectivity index (χ3v) is 11.4. The standard InChI is InChI=1S/C32H53NO4/c1-22(2)7-6-8-23(3)25-9-10-26-29-27(12-14-31(25,26)4)32(5)13-11-24(21-28(32)30(34)37-29)36-20-17-33-15-18-35-19-16-33/h22-26,28H,6-21H2,1-5H3/t23-,24+,25-,26+,28-,31-,32-/m1/s1. The van der Waals surface area contributed by atoms with Crippen molar-refractivity contribution in [3.63, 3.8) is 0 Å². The van der Waals surface area contributed by atoms with E-state index in [1.165, 1.54) is 44.1 Å². The number of esters is 1. The van der Waals surface area contributed by atoms with E-state index >= 15 is 0 Å². The Hall–Kier alpha value is -0.910. The van der Waals surface area contributed by atoms with Gasteiger partial charge in [0.15, 0.2) is 0 Å². The number of fused-ring (bicyclic) bond motifs is 4. The fourth-order valence-corrected chi connectivity index (χ4v) is 8.96. The van der Waals surface area contributed by atoms with Crippen molar-refractivity contribution in [2.24, 2.45) is 40.4 Å².